The molecule has 1 N–H and O–H groups in total. The van der Waals surface area contributed by atoms with Crippen molar-refractivity contribution in [2.24, 2.45) is 0 Å². The zero-order valence-electron chi connectivity index (χ0n) is 18.8. The van der Waals surface area contributed by atoms with Gasteiger partial charge in [-0.1, -0.05) is 51.1 Å². The lowest BCUT2D eigenvalue weighted by Crippen LogP contribution is -2.33. The van der Waals surface area contributed by atoms with Crippen LogP contribution in [0.5, 0.6) is 0 Å². The number of carbonyl (C=O) groups excluding carboxylic acids is 2. The van der Waals surface area contributed by atoms with Crippen molar-refractivity contribution < 1.29 is 9.59 Å². The van der Waals surface area contributed by atoms with Gasteiger partial charge in [-0.2, -0.15) is 0 Å². The Balaban J connectivity index is 1.84. The van der Waals surface area contributed by atoms with Gasteiger partial charge >= 0.3 is 0 Å². The molecule has 1 aromatic heterocycles. The van der Waals surface area contributed by atoms with Gasteiger partial charge < -0.3 is 5.32 Å². The number of pyridine rings is 1. The number of rotatable bonds is 5. The van der Waals surface area contributed by atoms with Gasteiger partial charge in [-0.05, 0) is 60.6 Å². The number of Topliss-reactive ketones (excluding diaryl/α,β-unsaturated/α-hetero) is 1. The van der Waals surface area contributed by atoms with Crippen molar-refractivity contribution in [2.75, 3.05) is 5.32 Å². The maximum absolute atomic E-state index is 13.5. The molecular weight excluding hydrogens is 400 g/mol. The first-order valence-electron chi connectivity index (χ1n) is 11.2. The van der Waals surface area contributed by atoms with Crippen molar-refractivity contribution in [3.05, 3.63) is 92.9 Å². The van der Waals surface area contributed by atoms with Crippen molar-refractivity contribution in [2.45, 2.75) is 52.4 Å². The van der Waals surface area contributed by atoms with E-state index in [1.165, 1.54) is 6.07 Å². The summed E-state index contributed by atoms with van der Waals surface area (Å²) >= 11 is 0. The number of aromatic nitrogens is 1. The Morgan fingerprint density at radius 3 is 2.44 bits per heavy atom. The summed E-state index contributed by atoms with van der Waals surface area (Å²) in [5, 5.41) is 2.88. The molecule has 4 rings (SSSR count). The van der Waals surface area contributed by atoms with Gasteiger partial charge in [0.15, 0.2) is 5.78 Å². The molecule has 1 aliphatic carbocycles. The fraction of sp³-hybridized carbons (Fsp3) is 0.296. The second kappa shape index (κ2) is 8.95. The number of hydrogen-bond acceptors (Lipinski definition) is 3. The number of ketones is 1. The zero-order valence-corrected chi connectivity index (χ0v) is 18.8. The van der Waals surface area contributed by atoms with E-state index in [-0.39, 0.29) is 11.3 Å². The highest BCUT2D eigenvalue weighted by molar-refractivity contribution is 6.07. The van der Waals surface area contributed by atoms with Crippen LogP contribution in [0.25, 0.3) is 5.69 Å². The zero-order chi connectivity index (χ0) is 22.8. The summed E-state index contributed by atoms with van der Waals surface area (Å²) in [4.78, 5) is 39.4. The first kappa shape index (κ1) is 21.8. The Hall–Kier alpha value is -3.47. The third-order valence-corrected chi connectivity index (χ3v) is 6.13. The first-order chi connectivity index (χ1) is 15.4. The maximum atomic E-state index is 13.5. The fourth-order valence-corrected chi connectivity index (χ4v) is 4.28. The number of amides is 1. The van der Waals surface area contributed by atoms with Gasteiger partial charge in [0.2, 0.25) is 0 Å². The van der Waals surface area contributed by atoms with Crippen molar-refractivity contribution in [1.29, 1.82) is 0 Å². The molecule has 0 aliphatic heterocycles. The normalized spacial score (nSPS) is 13.2. The molecule has 0 spiro atoms. The van der Waals surface area contributed by atoms with Crippen LogP contribution in [-0.4, -0.2) is 16.3 Å². The Bertz CT molecular complexity index is 1240. The molecule has 164 valence electrons. The van der Waals surface area contributed by atoms with Crippen molar-refractivity contribution in [1.82, 2.24) is 4.57 Å². The molecular formula is C27H28N2O3. The van der Waals surface area contributed by atoms with Gasteiger partial charge in [-0.15, -0.1) is 0 Å². The number of para-hydroxylation sites is 1. The largest absolute Gasteiger partial charge is 0.322 e. The van der Waals surface area contributed by atoms with E-state index in [2.05, 4.69) is 19.2 Å². The van der Waals surface area contributed by atoms with E-state index in [1.807, 2.05) is 55.5 Å². The molecule has 0 saturated carbocycles. The number of nitrogens with one attached hydrogen (secondary N) is 1. The van der Waals surface area contributed by atoms with Crippen LogP contribution in [0.4, 0.5) is 5.69 Å². The van der Waals surface area contributed by atoms with E-state index < -0.39 is 11.5 Å². The van der Waals surface area contributed by atoms with Crippen molar-refractivity contribution in [3.8, 4) is 5.69 Å². The van der Waals surface area contributed by atoms with Crippen LogP contribution in [0.2, 0.25) is 0 Å². The van der Waals surface area contributed by atoms with Gasteiger partial charge in [0.25, 0.3) is 11.5 Å². The van der Waals surface area contributed by atoms with Gasteiger partial charge in [0.1, 0.15) is 5.56 Å². The third-order valence-electron chi connectivity index (χ3n) is 6.13. The Morgan fingerprint density at radius 1 is 1.03 bits per heavy atom. The van der Waals surface area contributed by atoms with Gasteiger partial charge in [0.05, 0.1) is 0 Å². The highest BCUT2D eigenvalue weighted by Crippen LogP contribution is 2.25. The number of carbonyl (C=O) groups is 2. The number of aryl methyl sites for hydroxylation is 1. The summed E-state index contributed by atoms with van der Waals surface area (Å²) in [5.41, 5.74) is 4.24. The average molecular weight is 429 g/mol. The van der Waals surface area contributed by atoms with Gasteiger partial charge in [0, 0.05) is 29.1 Å². The molecule has 0 bridgehead atoms. The van der Waals surface area contributed by atoms with Crippen LogP contribution in [0.15, 0.2) is 59.4 Å². The van der Waals surface area contributed by atoms with Crippen LogP contribution in [0.1, 0.15) is 77.1 Å². The highest BCUT2D eigenvalue weighted by Gasteiger charge is 2.26. The summed E-state index contributed by atoms with van der Waals surface area (Å²) in [6.45, 7) is 6.23. The quantitative estimate of drug-likeness (QED) is 0.600. The number of nitrogens with zero attached hydrogens (tertiary/aromatic N) is 1. The molecule has 1 heterocycles. The Labute approximate surface area is 188 Å². The van der Waals surface area contributed by atoms with Gasteiger partial charge in [-0.3, -0.25) is 19.0 Å². The lowest BCUT2D eigenvalue weighted by atomic mass is 9.92. The van der Waals surface area contributed by atoms with E-state index in [1.54, 1.807) is 4.57 Å². The van der Waals surface area contributed by atoms with E-state index >= 15 is 0 Å². The lowest BCUT2D eigenvalue weighted by Gasteiger charge is -2.22. The molecule has 2 aromatic carbocycles. The minimum absolute atomic E-state index is 0.0159. The van der Waals surface area contributed by atoms with E-state index in [9.17, 15) is 14.4 Å². The lowest BCUT2D eigenvalue weighted by molar-refractivity contribution is 0.0971. The monoisotopic (exact) mass is 428 g/mol. The summed E-state index contributed by atoms with van der Waals surface area (Å²) in [6, 6.07) is 16.8. The van der Waals surface area contributed by atoms with Crippen LogP contribution >= 0.6 is 0 Å². The molecule has 0 saturated heterocycles. The van der Waals surface area contributed by atoms with E-state index in [0.29, 0.717) is 47.8 Å². The highest BCUT2D eigenvalue weighted by atomic mass is 16.2. The second-order valence-corrected chi connectivity index (χ2v) is 8.55. The Morgan fingerprint density at radius 2 is 1.75 bits per heavy atom. The molecule has 1 amide bonds. The topological polar surface area (TPSA) is 68.2 Å². The molecule has 1 aliphatic rings. The predicted octanol–water partition coefficient (Wildman–Crippen LogP) is 5.29. The number of anilines is 1. The number of hydrogen-bond donors (Lipinski definition) is 1. The molecule has 32 heavy (non-hydrogen) atoms. The molecule has 0 fully saturated rings. The molecule has 3 aromatic rings. The molecule has 0 unspecified atom stereocenters. The van der Waals surface area contributed by atoms with Crippen molar-refractivity contribution >= 4 is 17.4 Å². The maximum Gasteiger partial charge on any atom is 0.268 e. The standard InChI is InChI=1S/C27H28N2O3/c1-4-18-8-5-6-9-23(18)28-26(31)22-16-21-24(10-7-11-25(21)30)29(27(22)32)20-14-12-19(13-15-20)17(2)3/h5-6,8-9,12-17H,4,7,10-11H2,1-3H3,(H,28,31). The summed E-state index contributed by atoms with van der Waals surface area (Å²) < 4.78 is 1.55. The SMILES string of the molecule is CCc1ccccc1NC(=O)c1cc2c(n(-c3ccc(C(C)C)cc3)c1=O)CCCC2=O. The van der Waals surface area contributed by atoms with Crippen LogP contribution in [0, 0.1) is 0 Å². The molecule has 5 nitrogen and oxygen atoms in total. The van der Waals surface area contributed by atoms with Gasteiger partial charge in [-0.25, -0.2) is 0 Å². The smallest absolute Gasteiger partial charge is 0.268 e. The second-order valence-electron chi connectivity index (χ2n) is 8.55. The van der Waals surface area contributed by atoms with E-state index in [4.69, 9.17) is 0 Å². The average Bonchev–Trinajstić information content (AvgIpc) is 2.79. The fourth-order valence-electron chi connectivity index (χ4n) is 4.28. The Kier molecular flexibility index (Phi) is 6.08. The van der Waals surface area contributed by atoms with Crippen LogP contribution < -0.4 is 10.9 Å². The van der Waals surface area contributed by atoms with Crippen molar-refractivity contribution in [3.63, 3.8) is 0 Å². The molecule has 5 heteroatoms. The van der Waals surface area contributed by atoms with Crippen LogP contribution in [-0.2, 0) is 12.8 Å². The minimum Gasteiger partial charge on any atom is -0.322 e. The predicted molar refractivity (Wildman–Crippen MR) is 127 cm³/mol. The van der Waals surface area contributed by atoms with Crippen LogP contribution in [0.3, 0.4) is 0 Å². The summed E-state index contributed by atoms with van der Waals surface area (Å²) in [6.07, 6.45) is 2.51. The number of benzene rings is 2. The first-order valence-corrected chi connectivity index (χ1v) is 11.2. The summed E-state index contributed by atoms with van der Waals surface area (Å²) in [5.74, 6) is -0.154. The third kappa shape index (κ3) is 4.03. The molecule has 0 atom stereocenters. The van der Waals surface area contributed by atoms with E-state index in [0.717, 1.165) is 17.5 Å². The molecule has 0 radical (unpaired) electrons. The minimum atomic E-state index is -0.496. The number of fused-ring (bicyclic) bond motifs is 1. The summed E-state index contributed by atoms with van der Waals surface area (Å²) in [7, 11) is 0.